The molecule has 0 aliphatic heterocycles. The van der Waals surface area contributed by atoms with Crippen molar-refractivity contribution in [1.82, 2.24) is 5.32 Å². The summed E-state index contributed by atoms with van der Waals surface area (Å²) in [5.74, 6) is -0.222. The number of rotatable bonds is 8. The Balaban J connectivity index is 1.97. The van der Waals surface area contributed by atoms with Crippen LogP contribution in [-0.2, 0) is 0 Å². The fraction of sp³-hybridized carbons (Fsp3) is 0.368. The summed E-state index contributed by atoms with van der Waals surface area (Å²) >= 11 is 0. The van der Waals surface area contributed by atoms with Crippen molar-refractivity contribution in [1.29, 1.82) is 0 Å². The van der Waals surface area contributed by atoms with Crippen molar-refractivity contribution >= 4 is 17.5 Å². The molecule has 0 fully saturated rings. The van der Waals surface area contributed by atoms with Gasteiger partial charge in [-0.05, 0) is 43.2 Å². The first-order valence-electron chi connectivity index (χ1n) is 8.35. The first-order chi connectivity index (χ1) is 11.6. The monoisotopic (exact) mass is 328 g/mol. The van der Waals surface area contributed by atoms with Gasteiger partial charge in [0.05, 0.1) is 6.26 Å². The molecule has 0 radical (unpaired) electrons. The molecule has 0 saturated heterocycles. The van der Waals surface area contributed by atoms with Crippen LogP contribution < -0.4 is 10.6 Å². The van der Waals surface area contributed by atoms with Crippen molar-refractivity contribution in [3.63, 3.8) is 0 Å². The van der Waals surface area contributed by atoms with E-state index in [-0.39, 0.29) is 17.6 Å². The number of hydrogen-bond donors (Lipinski definition) is 2. The van der Waals surface area contributed by atoms with Crippen LogP contribution in [0.15, 0.2) is 41.0 Å². The lowest BCUT2D eigenvalue weighted by Crippen LogP contribution is -2.24. The van der Waals surface area contributed by atoms with E-state index in [4.69, 9.17) is 4.42 Å². The average molecular weight is 328 g/mol. The molecule has 5 nitrogen and oxygen atoms in total. The van der Waals surface area contributed by atoms with E-state index in [1.165, 1.54) is 19.1 Å². The Labute approximate surface area is 142 Å². The van der Waals surface area contributed by atoms with Crippen LogP contribution in [-0.4, -0.2) is 18.4 Å². The number of unbranched alkanes of at least 4 members (excludes halogenated alkanes) is 3. The van der Waals surface area contributed by atoms with E-state index in [1.807, 2.05) is 13.0 Å². The Morgan fingerprint density at radius 1 is 1.08 bits per heavy atom. The lowest BCUT2D eigenvalue weighted by atomic mass is 10.1. The number of amides is 2. The Morgan fingerprint density at radius 2 is 1.92 bits per heavy atom. The highest BCUT2D eigenvalue weighted by Gasteiger charge is 2.12. The van der Waals surface area contributed by atoms with E-state index in [9.17, 15) is 9.59 Å². The van der Waals surface area contributed by atoms with Gasteiger partial charge in [-0.25, -0.2) is 0 Å². The largest absolute Gasteiger partial charge is 0.459 e. The number of benzene rings is 1. The van der Waals surface area contributed by atoms with Crippen LogP contribution >= 0.6 is 0 Å². The third-order valence-electron chi connectivity index (χ3n) is 3.81. The third-order valence-corrected chi connectivity index (χ3v) is 3.81. The van der Waals surface area contributed by atoms with Crippen LogP contribution in [0.25, 0.3) is 0 Å². The number of hydrogen-bond acceptors (Lipinski definition) is 3. The van der Waals surface area contributed by atoms with Gasteiger partial charge in [-0.2, -0.15) is 0 Å². The van der Waals surface area contributed by atoms with Gasteiger partial charge in [0, 0.05) is 17.8 Å². The van der Waals surface area contributed by atoms with Crippen LogP contribution in [0.1, 0.15) is 59.1 Å². The highest BCUT2D eigenvalue weighted by Crippen LogP contribution is 2.18. The number of carbonyl (C=O) groups excluding carboxylic acids is 2. The SMILES string of the molecule is CCCCCCNC(=O)c1ccc(C)c(NC(=O)c2ccco2)c1. The van der Waals surface area contributed by atoms with Gasteiger partial charge in [-0.3, -0.25) is 9.59 Å². The molecule has 128 valence electrons. The summed E-state index contributed by atoms with van der Waals surface area (Å²) in [7, 11) is 0. The van der Waals surface area contributed by atoms with Crippen molar-refractivity contribution < 1.29 is 14.0 Å². The first kappa shape index (κ1) is 17.8. The Hall–Kier alpha value is -2.56. The fourth-order valence-corrected chi connectivity index (χ4v) is 2.35. The summed E-state index contributed by atoms with van der Waals surface area (Å²) in [5.41, 5.74) is 2.02. The van der Waals surface area contributed by atoms with Crippen LogP contribution in [0, 0.1) is 6.92 Å². The average Bonchev–Trinajstić information content (AvgIpc) is 3.11. The molecule has 0 atom stereocenters. The second-order valence-corrected chi connectivity index (χ2v) is 5.78. The maximum atomic E-state index is 12.2. The number of nitrogens with one attached hydrogen (secondary N) is 2. The molecule has 1 heterocycles. The molecule has 0 aliphatic carbocycles. The summed E-state index contributed by atoms with van der Waals surface area (Å²) in [5, 5.41) is 5.69. The summed E-state index contributed by atoms with van der Waals surface area (Å²) in [6, 6.07) is 8.53. The second-order valence-electron chi connectivity index (χ2n) is 5.78. The summed E-state index contributed by atoms with van der Waals surface area (Å²) in [6.07, 6.45) is 5.90. The molecular weight excluding hydrogens is 304 g/mol. The van der Waals surface area contributed by atoms with Crippen molar-refractivity contribution in [3.05, 3.63) is 53.5 Å². The Bertz CT molecular complexity index is 678. The topological polar surface area (TPSA) is 71.3 Å². The minimum atomic E-state index is -0.333. The highest BCUT2D eigenvalue weighted by atomic mass is 16.3. The number of aryl methyl sites for hydroxylation is 1. The number of carbonyl (C=O) groups is 2. The van der Waals surface area contributed by atoms with Gasteiger partial charge in [0.2, 0.25) is 0 Å². The smallest absolute Gasteiger partial charge is 0.291 e. The maximum absolute atomic E-state index is 12.2. The van der Waals surface area contributed by atoms with E-state index >= 15 is 0 Å². The second kappa shape index (κ2) is 8.91. The van der Waals surface area contributed by atoms with Gasteiger partial charge >= 0.3 is 0 Å². The lowest BCUT2D eigenvalue weighted by Gasteiger charge is -2.10. The van der Waals surface area contributed by atoms with E-state index in [0.29, 0.717) is 17.8 Å². The number of furan rings is 1. The zero-order chi connectivity index (χ0) is 17.4. The number of anilines is 1. The van der Waals surface area contributed by atoms with Crippen molar-refractivity contribution in [2.75, 3.05) is 11.9 Å². The Morgan fingerprint density at radius 3 is 2.62 bits per heavy atom. The van der Waals surface area contributed by atoms with E-state index in [2.05, 4.69) is 17.6 Å². The third kappa shape index (κ3) is 4.98. The molecule has 0 spiro atoms. The van der Waals surface area contributed by atoms with Gasteiger partial charge in [0.1, 0.15) is 0 Å². The predicted molar refractivity (Wildman–Crippen MR) is 94.3 cm³/mol. The molecule has 1 aromatic carbocycles. The Kier molecular flexibility index (Phi) is 6.61. The van der Waals surface area contributed by atoms with Crippen molar-refractivity contribution in [3.8, 4) is 0 Å². The van der Waals surface area contributed by atoms with Crippen LogP contribution in [0.2, 0.25) is 0 Å². The molecule has 24 heavy (non-hydrogen) atoms. The van der Waals surface area contributed by atoms with Crippen LogP contribution in [0.3, 0.4) is 0 Å². The molecule has 0 saturated carbocycles. The normalized spacial score (nSPS) is 10.4. The van der Waals surface area contributed by atoms with E-state index in [0.717, 1.165) is 18.4 Å². The molecule has 0 aliphatic rings. The van der Waals surface area contributed by atoms with Gasteiger partial charge in [0.25, 0.3) is 11.8 Å². The quantitative estimate of drug-likeness (QED) is 0.715. The minimum Gasteiger partial charge on any atom is -0.459 e. The van der Waals surface area contributed by atoms with Crippen molar-refractivity contribution in [2.24, 2.45) is 0 Å². The zero-order valence-electron chi connectivity index (χ0n) is 14.2. The molecule has 1 aromatic heterocycles. The van der Waals surface area contributed by atoms with Gasteiger partial charge in [-0.1, -0.05) is 32.3 Å². The molecule has 5 heteroatoms. The molecule has 2 aromatic rings. The fourth-order valence-electron chi connectivity index (χ4n) is 2.35. The summed E-state index contributed by atoms with van der Waals surface area (Å²) < 4.78 is 5.08. The highest BCUT2D eigenvalue weighted by molar-refractivity contribution is 6.03. The predicted octanol–water partition coefficient (Wildman–Crippen LogP) is 4.15. The molecule has 2 amide bonds. The standard InChI is InChI=1S/C19H24N2O3/c1-3-4-5-6-11-20-18(22)15-10-9-14(2)16(13-15)21-19(23)17-8-7-12-24-17/h7-10,12-13H,3-6,11H2,1-2H3,(H,20,22)(H,21,23). The van der Waals surface area contributed by atoms with Gasteiger partial charge in [-0.15, -0.1) is 0 Å². The van der Waals surface area contributed by atoms with Gasteiger partial charge in [0.15, 0.2) is 5.76 Å². The zero-order valence-corrected chi connectivity index (χ0v) is 14.2. The minimum absolute atomic E-state index is 0.125. The lowest BCUT2D eigenvalue weighted by molar-refractivity contribution is 0.0950. The molecule has 2 rings (SSSR count). The summed E-state index contributed by atoms with van der Waals surface area (Å²) in [4.78, 5) is 24.3. The van der Waals surface area contributed by atoms with Crippen LogP contribution in [0.5, 0.6) is 0 Å². The molecule has 0 unspecified atom stereocenters. The summed E-state index contributed by atoms with van der Waals surface area (Å²) in [6.45, 7) is 4.70. The van der Waals surface area contributed by atoms with E-state index in [1.54, 1.807) is 24.3 Å². The molecule has 2 N–H and O–H groups in total. The maximum Gasteiger partial charge on any atom is 0.291 e. The first-order valence-corrected chi connectivity index (χ1v) is 8.35. The molecular formula is C19H24N2O3. The molecule has 0 bridgehead atoms. The van der Waals surface area contributed by atoms with Crippen LogP contribution in [0.4, 0.5) is 5.69 Å². The van der Waals surface area contributed by atoms with Crippen molar-refractivity contribution in [2.45, 2.75) is 39.5 Å². The van der Waals surface area contributed by atoms with Gasteiger partial charge < -0.3 is 15.1 Å². The van der Waals surface area contributed by atoms with E-state index < -0.39 is 0 Å².